The van der Waals surface area contributed by atoms with E-state index >= 15 is 0 Å². The van der Waals surface area contributed by atoms with Crippen LogP contribution in [0.5, 0.6) is 0 Å². The van der Waals surface area contributed by atoms with Crippen molar-refractivity contribution in [2.45, 2.75) is 26.8 Å². The first-order chi connectivity index (χ1) is 10.9. The summed E-state index contributed by atoms with van der Waals surface area (Å²) in [7, 11) is 1.76. The highest BCUT2D eigenvalue weighted by Crippen LogP contribution is 2.19. The van der Waals surface area contributed by atoms with Crippen molar-refractivity contribution in [2.24, 2.45) is 0 Å². The molecule has 1 N–H and O–H groups in total. The molecule has 0 bridgehead atoms. The fraction of sp³-hybridized carbons (Fsp3) is 0.316. The van der Waals surface area contributed by atoms with Crippen LogP contribution >= 0.6 is 0 Å². The molecule has 4 heteroatoms. The minimum Gasteiger partial charge on any atom is -0.376 e. The second kappa shape index (κ2) is 7.27. The molecular weight excluding hydrogens is 291 g/mol. The molecule has 23 heavy (non-hydrogen) atoms. The summed E-state index contributed by atoms with van der Waals surface area (Å²) in [5, 5.41) is 3.17. The summed E-state index contributed by atoms with van der Waals surface area (Å²) >= 11 is 0. The van der Waals surface area contributed by atoms with E-state index in [9.17, 15) is 9.18 Å². The lowest BCUT2D eigenvalue weighted by molar-refractivity contribution is -0.129. The van der Waals surface area contributed by atoms with Gasteiger partial charge in [-0.25, -0.2) is 4.39 Å². The second-order valence-electron chi connectivity index (χ2n) is 5.96. The van der Waals surface area contributed by atoms with E-state index in [4.69, 9.17) is 0 Å². The van der Waals surface area contributed by atoms with Gasteiger partial charge in [0.2, 0.25) is 5.91 Å². The average Bonchev–Trinajstić information content (AvgIpc) is 2.51. The SMILES string of the molecule is Cc1cc(C)cc(NCC(=O)N(C)C(C)c2ccc(F)cc2)c1. The summed E-state index contributed by atoms with van der Waals surface area (Å²) in [6.45, 7) is 6.22. The maximum Gasteiger partial charge on any atom is 0.242 e. The van der Waals surface area contributed by atoms with E-state index in [1.807, 2.05) is 32.9 Å². The third-order valence-corrected chi connectivity index (χ3v) is 3.99. The van der Waals surface area contributed by atoms with Crippen molar-refractivity contribution in [3.63, 3.8) is 0 Å². The predicted octanol–water partition coefficient (Wildman–Crippen LogP) is 4.07. The number of anilines is 1. The van der Waals surface area contributed by atoms with Gasteiger partial charge in [0.1, 0.15) is 5.82 Å². The highest BCUT2D eigenvalue weighted by atomic mass is 19.1. The average molecular weight is 314 g/mol. The number of amides is 1. The Morgan fingerprint density at radius 2 is 1.70 bits per heavy atom. The van der Waals surface area contributed by atoms with Crippen LogP contribution in [0.2, 0.25) is 0 Å². The van der Waals surface area contributed by atoms with E-state index in [0.717, 1.165) is 22.4 Å². The number of nitrogens with zero attached hydrogens (tertiary/aromatic N) is 1. The minimum atomic E-state index is -0.272. The van der Waals surface area contributed by atoms with Gasteiger partial charge >= 0.3 is 0 Å². The van der Waals surface area contributed by atoms with Crippen LogP contribution in [0, 0.1) is 19.7 Å². The Morgan fingerprint density at radius 3 is 2.26 bits per heavy atom. The van der Waals surface area contributed by atoms with Crippen molar-refractivity contribution >= 4 is 11.6 Å². The molecular formula is C19H23FN2O. The smallest absolute Gasteiger partial charge is 0.242 e. The molecule has 0 saturated carbocycles. The van der Waals surface area contributed by atoms with E-state index < -0.39 is 0 Å². The van der Waals surface area contributed by atoms with Gasteiger partial charge in [-0.2, -0.15) is 0 Å². The van der Waals surface area contributed by atoms with Gasteiger partial charge < -0.3 is 10.2 Å². The maximum absolute atomic E-state index is 13.0. The molecule has 0 spiro atoms. The highest BCUT2D eigenvalue weighted by molar-refractivity contribution is 5.81. The molecule has 1 unspecified atom stereocenters. The summed E-state index contributed by atoms with van der Waals surface area (Å²) in [6.07, 6.45) is 0. The molecule has 2 rings (SSSR count). The predicted molar refractivity (Wildman–Crippen MR) is 92.0 cm³/mol. The number of carbonyl (C=O) groups is 1. The largest absolute Gasteiger partial charge is 0.376 e. The second-order valence-corrected chi connectivity index (χ2v) is 5.96. The first-order valence-corrected chi connectivity index (χ1v) is 7.70. The Hall–Kier alpha value is -2.36. The Labute approximate surface area is 137 Å². The molecule has 0 aliphatic carbocycles. The maximum atomic E-state index is 13.0. The lowest BCUT2D eigenvalue weighted by Crippen LogP contribution is -2.34. The highest BCUT2D eigenvalue weighted by Gasteiger charge is 2.17. The number of aryl methyl sites for hydroxylation is 2. The third-order valence-electron chi connectivity index (χ3n) is 3.99. The topological polar surface area (TPSA) is 32.3 Å². The van der Waals surface area contributed by atoms with Crippen LogP contribution in [0.1, 0.15) is 29.7 Å². The molecule has 0 fully saturated rings. The summed E-state index contributed by atoms with van der Waals surface area (Å²) < 4.78 is 13.0. The van der Waals surface area contributed by atoms with Crippen molar-refractivity contribution in [3.05, 3.63) is 65.0 Å². The van der Waals surface area contributed by atoms with Crippen molar-refractivity contribution in [1.29, 1.82) is 0 Å². The first kappa shape index (κ1) is 17.0. The first-order valence-electron chi connectivity index (χ1n) is 7.70. The molecule has 2 aromatic carbocycles. The lowest BCUT2D eigenvalue weighted by Gasteiger charge is -2.25. The van der Waals surface area contributed by atoms with Crippen LogP contribution in [0.15, 0.2) is 42.5 Å². The molecule has 1 amide bonds. The zero-order valence-corrected chi connectivity index (χ0v) is 14.1. The number of nitrogens with one attached hydrogen (secondary N) is 1. The van der Waals surface area contributed by atoms with Crippen molar-refractivity contribution in [1.82, 2.24) is 4.90 Å². The van der Waals surface area contributed by atoms with E-state index in [0.29, 0.717) is 0 Å². The lowest BCUT2D eigenvalue weighted by atomic mass is 10.1. The van der Waals surface area contributed by atoms with Crippen molar-refractivity contribution in [2.75, 3.05) is 18.9 Å². The summed E-state index contributed by atoms with van der Waals surface area (Å²) in [6, 6.07) is 12.3. The Morgan fingerprint density at radius 1 is 1.13 bits per heavy atom. The fourth-order valence-electron chi connectivity index (χ4n) is 2.56. The van der Waals surface area contributed by atoms with Gasteiger partial charge in [-0.05, 0) is 61.7 Å². The van der Waals surface area contributed by atoms with Crippen molar-refractivity contribution < 1.29 is 9.18 Å². The zero-order chi connectivity index (χ0) is 17.0. The fourth-order valence-corrected chi connectivity index (χ4v) is 2.56. The molecule has 0 radical (unpaired) electrons. The summed E-state index contributed by atoms with van der Waals surface area (Å²) in [4.78, 5) is 14.0. The number of hydrogen-bond acceptors (Lipinski definition) is 2. The molecule has 0 aliphatic rings. The van der Waals surface area contributed by atoms with Gasteiger partial charge in [0, 0.05) is 12.7 Å². The summed E-state index contributed by atoms with van der Waals surface area (Å²) in [5.41, 5.74) is 4.17. The zero-order valence-electron chi connectivity index (χ0n) is 14.1. The van der Waals surface area contributed by atoms with Crippen LogP contribution in [-0.4, -0.2) is 24.4 Å². The van der Waals surface area contributed by atoms with Crippen LogP contribution in [0.4, 0.5) is 10.1 Å². The van der Waals surface area contributed by atoms with E-state index in [2.05, 4.69) is 11.4 Å². The quantitative estimate of drug-likeness (QED) is 0.902. The number of hydrogen-bond donors (Lipinski definition) is 1. The molecule has 0 saturated heterocycles. The molecule has 122 valence electrons. The molecule has 2 aromatic rings. The molecule has 0 aliphatic heterocycles. The van der Waals surface area contributed by atoms with E-state index in [1.54, 1.807) is 24.1 Å². The van der Waals surface area contributed by atoms with Crippen LogP contribution in [-0.2, 0) is 4.79 Å². The Balaban J connectivity index is 1.97. The Bertz CT molecular complexity index is 662. The monoisotopic (exact) mass is 314 g/mol. The number of rotatable bonds is 5. The van der Waals surface area contributed by atoms with E-state index in [-0.39, 0.29) is 24.3 Å². The number of carbonyl (C=O) groups excluding carboxylic acids is 1. The van der Waals surface area contributed by atoms with Crippen molar-refractivity contribution in [3.8, 4) is 0 Å². The van der Waals surface area contributed by atoms with Crippen LogP contribution < -0.4 is 5.32 Å². The molecule has 3 nitrogen and oxygen atoms in total. The van der Waals surface area contributed by atoms with Crippen LogP contribution in [0.25, 0.3) is 0 Å². The van der Waals surface area contributed by atoms with Gasteiger partial charge in [-0.3, -0.25) is 4.79 Å². The molecule has 0 heterocycles. The number of benzene rings is 2. The van der Waals surface area contributed by atoms with Gasteiger partial charge in [-0.15, -0.1) is 0 Å². The number of halogens is 1. The normalized spacial score (nSPS) is 11.9. The summed E-state index contributed by atoms with van der Waals surface area (Å²) in [5.74, 6) is -0.285. The van der Waals surface area contributed by atoms with Crippen LogP contribution in [0.3, 0.4) is 0 Å². The van der Waals surface area contributed by atoms with Gasteiger partial charge in [0.05, 0.1) is 12.6 Å². The minimum absolute atomic E-state index is 0.0130. The standard InChI is InChI=1S/C19H23FN2O/c1-13-9-14(2)11-18(10-13)21-12-19(23)22(4)15(3)16-5-7-17(20)8-6-16/h5-11,15,21H,12H2,1-4H3. The Kier molecular flexibility index (Phi) is 5.37. The number of likely N-dealkylation sites (N-methyl/N-ethyl adjacent to an activating group) is 1. The molecule has 1 atom stereocenters. The van der Waals surface area contributed by atoms with Gasteiger partial charge in [-0.1, -0.05) is 18.2 Å². The third kappa shape index (κ3) is 4.55. The van der Waals surface area contributed by atoms with E-state index in [1.165, 1.54) is 12.1 Å². The van der Waals surface area contributed by atoms with Gasteiger partial charge in [0.15, 0.2) is 0 Å². The van der Waals surface area contributed by atoms with Gasteiger partial charge in [0.25, 0.3) is 0 Å². The molecule has 0 aromatic heterocycles.